The lowest BCUT2D eigenvalue weighted by Gasteiger charge is -2.51. The van der Waals surface area contributed by atoms with E-state index in [0.29, 0.717) is 17.2 Å². The Bertz CT molecular complexity index is 924. The van der Waals surface area contributed by atoms with Gasteiger partial charge in [-0.1, -0.05) is 91.8 Å². The van der Waals surface area contributed by atoms with Crippen molar-refractivity contribution in [3.05, 3.63) is 60.7 Å². The fourth-order valence-corrected chi connectivity index (χ4v) is 14.8. The summed E-state index contributed by atoms with van der Waals surface area (Å²) in [6.45, 7) is 10.4. The second kappa shape index (κ2) is 7.15. The van der Waals surface area contributed by atoms with E-state index in [2.05, 4.69) is 88.4 Å². The van der Waals surface area contributed by atoms with Crippen LogP contribution in [0, 0.1) is 11.3 Å². The second-order valence-electron chi connectivity index (χ2n) is 11.4. The summed E-state index contributed by atoms with van der Waals surface area (Å²) in [6.07, 6.45) is 4.88. The van der Waals surface area contributed by atoms with E-state index in [1.54, 1.807) is 0 Å². The van der Waals surface area contributed by atoms with E-state index in [4.69, 9.17) is 4.74 Å². The Hall–Kier alpha value is -1.71. The molecule has 2 aromatic rings. The van der Waals surface area contributed by atoms with Crippen LogP contribution in [0.5, 0.6) is 0 Å². The van der Waals surface area contributed by atoms with E-state index in [-0.39, 0.29) is 16.1 Å². The Kier molecular flexibility index (Phi) is 4.88. The molecule has 2 aromatic carbocycles. The van der Waals surface area contributed by atoms with Gasteiger partial charge in [-0.25, -0.2) is 0 Å². The summed E-state index contributed by atoms with van der Waals surface area (Å²) in [6, 6.07) is 22.6. The number of ether oxygens (including phenoxy) is 1. The molecule has 0 unspecified atom stereocenters. The zero-order chi connectivity index (χ0) is 21.9. The molecular weight excluding hydrogens is 396 g/mol. The molecule has 4 atom stereocenters. The average molecular weight is 433 g/mol. The summed E-state index contributed by atoms with van der Waals surface area (Å²) in [7, 11) is -2.27. The zero-order valence-corrected chi connectivity index (χ0v) is 20.5. The first-order valence-corrected chi connectivity index (χ1v) is 14.1. The molecule has 0 aromatic heterocycles. The molecule has 2 aliphatic carbocycles. The van der Waals surface area contributed by atoms with Crippen LogP contribution in [0.15, 0.2) is 60.7 Å². The van der Waals surface area contributed by atoms with Gasteiger partial charge in [-0.2, -0.15) is 0 Å². The maximum absolute atomic E-state index is 13.2. The topological polar surface area (TPSA) is 26.3 Å². The van der Waals surface area contributed by atoms with Crippen LogP contribution in [0.3, 0.4) is 0 Å². The fourth-order valence-electron chi connectivity index (χ4n) is 7.99. The SMILES string of the molecule is CC(C)(C)[Si](c1ccccc1)(c1ccccc1)[C@@H]1CO[C@]23CCCC(=O)[C@@]2(C)CC[C@H]13. The Morgan fingerprint density at radius 2 is 1.52 bits per heavy atom. The lowest BCUT2D eigenvalue weighted by molar-refractivity contribution is -0.156. The van der Waals surface area contributed by atoms with E-state index < -0.39 is 8.07 Å². The predicted molar refractivity (Wildman–Crippen MR) is 130 cm³/mol. The summed E-state index contributed by atoms with van der Waals surface area (Å²) >= 11 is 0. The van der Waals surface area contributed by atoms with Gasteiger partial charge in [-0.3, -0.25) is 4.79 Å². The fraction of sp³-hybridized carbons (Fsp3) is 0.536. The number of Topliss-reactive ketones (excluding diaryl/α,β-unsaturated/α-hetero) is 1. The largest absolute Gasteiger partial charge is 0.374 e. The summed E-state index contributed by atoms with van der Waals surface area (Å²) in [5, 5.41) is 3.14. The molecule has 31 heavy (non-hydrogen) atoms. The van der Waals surface area contributed by atoms with Gasteiger partial charge in [0.25, 0.3) is 0 Å². The average Bonchev–Trinajstić information content (AvgIpc) is 3.26. The molecule has 1 aliphatic heterocycles. The van der Waals surface area contributed by atoms with Crippen molar-refractivity contribution in [3.8, 4) is 0 Å². The van der Waals surface area contributed by atoms with Crippen LogP contribution in [0.1, 0.15) is 59.8 Å². The minimum atomic E-state index is -2.27. The van der Waals surface area contributed by atoms with E-state index in [1.807, 2.05) is 0 Å². The van der Waals surface area contributed by atoms with Crippen LogP contribution in [0.2, 0.25) is 10.6 Å². The minimum Gasteiger partial charge on any atom is -0.374 e. The normalized spacial score (nSPS) is 33.2. The number of carbonyl (C=O) groups excluding carboxylic acids is 1. The Morgan fingerprint density at radius 3 is 2.06 bits per heavy atom. The van der Waals surface area contributed by atoms with Crippen molar-refractivity contribution < 1.29 is 9.53 Å². The monoisotopic (exact) mass is 432 g/mol. The standard InChI is InChI=1S/C28H36O2Si/c1-26(2,3)31(21-12-7-5-8-13-21,22-14-9-6-10-15-22)24-20-30-28-18-11-16-25(29)27(28,4)19-17-23(24)28/h5-10,12-15,23-24H,11,16-20H2,1-4H3/t23-,24-,27-,28+/m1/s1. The molecule has 0 N–H and O–H groups in total. The third-order valence-electron chi connectivity index (χ3n) is 9.26. The van der Waals surface area contributed by atoms with E-state index in [9.17, 15) is 4.79 Å². The first-order valence-electron chi connectivity index (χ1n) is 12.1. The molecule has 3 aliphatic rings. The van der Waals surface area contributed by atoms with Crippen LogP contribution in [-0.4, -0.2) is 26.1 Å². The third kappa shape index (κ3) is 2.69. The molecule has 3 fully saturated rings. The molecule has 1 heterocycles. The van der Waals surface area contributed by atoms with Gasteiger partial charge >= 0.3 is 0 Å². The summed E-state index contributed by atoms with van der Waals surface area (Å²) in [5.41, 5.74) is -0.0686. The molecule has 164 valence electrons. The highest BCUT2D eigenvalue weighted by Crippen LogP contribution is 2.67. The lowest BCUT2D eigenvalue weighted by atomic mass is 9.63. The molecule has 3 heteroatoms. The van der Waals surface area contributed by atoms with Crippen LogP contribution in [0.4, 0.5) is 0 Å². The van der Waals surface area contributed by atoms with Crippen LogP contribution in [-0.2, 0) is 9.53 Å². The molecule has 2 saturated carbocycles. The van der Waals surface area contributed by atoms with Gasteiger partial charge in [0.05, 0.1) is 11.0 Å². The number of carbonyl (C=O) groups is 1. The minimum absolute atomic E-state index is 0.118. The van der Waals surface area contributed by atoms with Crippen molar-refractivity contribution >= 4 is 24.2 Å². The molecular formula is C28H36O2Si. The van der Waals surface area contributed by atoms with Crippen molar-refractivity contribution in [3.63, 3.8) is 0 Å². The second-order valence-corrected chi connectivity index (χ2v) is 16.4. The van der Waals surface area contributed by atoms with Crippen molar-refractivity contribution in [1.82, 2.24) is 0 Å². The molecule has 0 amide bonds. The highest BCUT2D eigenvalue weighted by Gasteiger charge is 2.71. The van der Waals surface area contributed by atoms with Gasteiger partial charge < -0.3 is 4.74 Å². The highest BCUT2D eigenvalue weighted by atomic mass is 28.3. The molecule has 5 rings (SSSR count). The van der Waals surface area contributed by atoms with Gasteiger partial charge in [0.1, 0.15) is 13.9 Å². The summed E-state index contributed by atoms with van der Waals surface area (Å²) < 4.78 is 6.91. The van der Waals surface area contributed by atoms with Gasteiger partial charge in [0.15, 0.2) is 0 Å². The lowest BCUT2D eigenvalue weighted by Crippen LogP contribution is -2.68. The van der Waals surface area contributed by atoms with E-state index in [0.717, 1.165) is 38.7 Å². The van der Waals surface area contributed by atoms with Crippen LogP contribution >= 0.6 is 0 Å². The molecule has 0 radical (unpaired) electrons. The van der Waals surface area contributed by atoms with Crippen molar-refractivity contribution in [2.45, 2.75) is 76.0 Å². The predicted octanol–water partition coefficient (Wildman–Crippen LogP) is 5.36. The Balaban J connectivity index is 1.74. The van der Waals surface area contributed by atoms with Crippen molar-refractivity contribution in [2.75, 3.05) is 6.61 Å². The van der Waals surface area contributed by atoms with Crippen LogP contribution in [0.25, 0.3) is 0 Å². The number of rotatable bonds is 3. The van der Waals surface area contributed by atoms with E-state index >= 15 is 0 Å². The van der Waals surface area contributed by atoms with E-state index in [1.165, 1.54) is 10.4 Å². The number of ketones is 1. The summed E-state index contributed by atoms with van der Waals surface area (Å²) in [4.78, 5) is 13.2. The van der Waals surface area contributed by atoms with Crippen molar-refractivity contribution in [2.24, 2.45) is 11.3 Å². The third-order valence-corrected chi connectivity index (χ3v) is 15.8. The number of hydrogen-bond donors (Lipinski definition) is 0. The quantitative estimate of drug-likeness (QED) is 0.611. The highest BCUT2D eigenvalue weighted by molar-refractivity contribution is 7.05. The smallest absolute Gasteiger partial charge is 0.141 e. The molecule has 1 saturated heterocycles. The number of hydrogen-bond acceptors (Lipinski definition) is 2. The number of benzene rings is 2. The van der Waals surface area contributed by atoms with Crippen molar-refractivity contribution in [1.29, 1.82) is 0 Å². The first-order chi connectivity index (χ1) is 14.8. The molecule has 1 spiro atoms. The van der Waals surface area contributed by atoms with Gasteiger partial charge in [0, 0.05) is 13.0 Å². The summed E-state index contributed by atoms with van der Waals surface area (Å²) in [5.74, 6) is 0.914. The Labute approximate surface area is 188 Å². The Morgan fingerprint density at radius 1 is 0.935 bits per heavy atom. The maximum Gasteiger partial charge on any atom is 0.141 e. The maximum atomic E-state index is 13.2. The van der Waals surface area contributed by atoms with Crippen LogP contribution < -0.4 is 10.4 Å². The van der Waals surface area contributed by atoms with Gasteiger partial charge in [0.2, 0.25) is 0 Å². The van der Waals surface area contributed by atoms with Gasteiger partial charge in [-0.15, -0.1) is 0 Å². The van der Waals surface area contributed by atoms with Gasteiger partial charge in [-0.05, 0) is 49.1 Å². The molecule has 0 bridgehead atoms. The first kappa shape index (κ1) is 21.1. The zero-order valence-electron chi connectivity index (χ0n) is 19.5. The molecule has 2 nitrogen and oxygen atoms in total.